The molecular formula is C21H30N4O2. The molecule has 6 heteroatoms. The Bertz CT molecular complexity index is 838. The van der Waals surface area contributed by atoms with Gasteiger partial charge in [-0.15, -0.1) is 0 Å². The molecule has 1 aliphatic rings. The van der Waals surface area contributed by atoms with Crippen molar-refractivity contribution in [1.82, 2.24) is 19.8 Å². The molecule has 3 rings (SSSR count). The molecule has 0 saturated carbocycles. The first-order chi connectivity index (χ1) is 13.0. The highest BCUT2D eigenvalue weighted by atomic mass is 16.2. The Labute approximate surface area is 160 Å². The van der Waals surface area contributed by atoms with E-state index in [9.17, 15) is 9.59 Å². The molecule has 1 aromatic heterocycles. The van der Waals surface area contributed by atoms with Crippen LogP contribution in [0.1, 0.15) is 44.9 Å². The summed E-state index contributed by atoms with van der Waals surface area (Å²) in [5.74, 6) is 0.423. The van der Waals surface area contributed by atoms with Crippen LogP contribution in [0.2, 0.25) is 0 Å². The number of benzene rings is 1. The average Bonchev–Trinajstić information content (AvgIpc) is 2.92. The number of nitrogens with zero attached hydrogens (tertiary/aromatic N) is 3. The number of aryl methyl sites for hydroxylation is 1. The smallest absolute Gasteiger partial charge is 0.261 e. The van der Waals surface area contributed by atoms with Crippen LogP contribution in [0, 0.1) is 6.92 Å². The van der Waals surface area contributed by atoms with E-state index in [1.807, 2.05) is 25.1 Å². The summed E-state index contributed by atoms with van der Waals surface area (Å²) in [6, 6.07) is 7.33. The van der Waals surface area contributed by atoms with E-state index in [1.165, 1.54) is 30.3 Å². The molecule has 1 aliphatic heterocycles. The maximum absolute atomic E-state index is 12.7. The monoisotopic (exact) mass is 370 g/mol. The molecule has 2 heterocycles. The highest BCUT2D eigenvalue weighted by Gasteiger charge is 2.15. The van der Waals surface area contributed by atoms with Gasteiger partial charge in [-0.2, -0.15) is 0 Å². The molecule has 0 unspecified atom stereocenters. The Hall–Kier alpha value is -2.21. The van der Waals surface area contributed by atoms with Gasteiger partial charge in [-0.1, -0.05) is 25.0 Å². The van der Waals surface area contributed by atoms with Crippen LogP contribution in [-0.2, 0) is 11.3 Å². The van der Waals surface area contributed by atoms with Gasteiger partial charge in [0.1, 0.15) is 12.4 Å². The number of hydrogen-bond donors (Lipinski definition) is 1. The highest BCUT2D eigenvalue weighted by molar-refractivity contribution is 5.79. The standard InChI is InChI=1S/C21H30N4O2/c1-16(11-14-24-12-7-3-4-8-13-24)22-20(26)15-25-17(2)23-19-10-6-5-9-18(19)21(25)27/h5-6,9-10,16H,3-4,7-8,11-15H2,1-2H3,(H,22,26)/t16-/m1/s1. The summed E-state index contributed by atoms with van der Waals surface area (Å²) in [5.41, 5.74) is 0.507. The van der Waals surface area contributed by atoms with Crippen molar-refractivity contribution in [2.45, 2.75) is 58.5 Å². The summed E-state index contributed by atoms with van der Waals surface area (Å²) in [5, 5.41) is 3.58. The second kappa shape index (κ2) is 9.13. The molecule has 0 aliphatic carbocycles. The number of aromatic nitrogens is 2. The normalized spacial score (nSPS) is 16.8. The van der Waals surface area contributed by atoms with Crippen LogP contribution in [0.25, 0.3) is 10.9 Å². The lowest BCUT2D eigenvalue weighted by Crippen LogP contribution is -2.40. The van der Waals surface area contributed by atoms with Gasteiger partial charge in [0.15, 0.2) is 0 Å². The lowest BCUT2D eigenvalue weighted by atomic mass is 10.2. The molecule has 1 fully saturated rings. The molecule has 2 aromatic rings. The molecular weight excluding hydrogens is 340 g/mol. The van der Waals surface area contributed by atoms with Gasteiger partial charge >= 0.3 is 0 Å². The first kappa shape index (κ1) is 19.5. The molecule has 6 nitrogen and oxygen atoms in total. The van der Waals surface area contributed by atoms with Crippen LogP contribution < -0.4 is 10.9 Å². The predicted octanol–water partition coefficient (Wildman–Crippen LogP) is 2.48. The van der Waals surface area contributed by atoms with Gasteiger partial charge in [0.25, 0.3) is 5.56 Å². The number of rotatable bonds is 6. The van der Waals surface area contributed by atoms with E-state index in [4.69, 9.17) is 0 Å². The number of nitrogens with one attached hydrogen (secondary N) is 1. The Balaban J connectivity index is 1.57. The van der Waals surface area contributed by atoms with Crippen LogP contribution in [0.3, 0.4) is 0 Å². The van der Waals surface area contributed by atoms with Crippen molar-refractivity contribution < 1.29 is 4.79 Å². The second-order valence-electron chi connectivity index (χ2n) is 7.58. The topological polar surface area (TPSA) is 67.2 Å². The zero-order valence-corrected chi connectivity index (χ0v) is 16.4. The van der Waals surface area contributed by atoms with E-state index in [1.54, 1.807) is 13.0 Å². The highest BCUT2D eigenvalue weighted by Crippen LogP contribution is 2.10. The summed E-state index contributed by atoms with van der Waals surface area (Å²) in [7, 11) is 0. The molecule has 0 spiro atoms. The Morgan fingerprint density at radius 3 is 2.63 bits per heavy atom. The first-order valence-electron chi connectivity index (χ1n) is 10.0. The SMILES string of the molecule is Cc1nc2ccccc2c(=O)n1CC(=O)N[C@H](C)CCN1CCCCCC1. The summed E-state index contributed by atoms with van der Waals surface area (Å²) < 4.78 is 1.46. The van der Waals surface area contributed by atoms with Gasteiger partial charge in [0, 0.05) is 12.6 Å². The summed E-state index contributed by atoms with van der Waals surface area (Å²) in [4.78, 5) is 32.1. The van der Waals surface area contributed by atoms with Gasteiger partial charge in [0.2, 0.25) is 5.91 Å². The van der Waals surface area contributed by atoms with Crippen molar-refractivity contribution in [1.29, 1.82) is 0 Å². The van der Waals surface area contributed by atoms with E-state index in [0.717, 1.165) is 26.1 Å². The molecule has 1 saturated heterocycles. The minimum Gasteiger partial charge on any atom is -0.352 e. The lowest BCUT2D eigenvalue weighted by molar-refractivity contribution is -0.122. The molecule has 0 bridgehead atoms. The van der Waals surface area contributed by atoms with Gasteiger partial charge in [0.05, 0.1) is 10.9 Å². The van der Waals surface area contributed by atoms with Crippen LogP contribution in [0.15, 0.2) is 29.1 Å². The summed E-state index contributed by atoms with van der Waals surface area (Å²) in [6.45, 7) is 7.15. The Morgan fingerprint density at radius 1 is 1.19 bits per heavy atom. The molecule has 1 aromatic carbocycles. The molecule has 146 valence electrons. The van der Waals surface area contributed by atoms with Crippen LogP contribution in [0.5, 0.6) is 0 Å². The number of likely N-dealkylation sites (tertiary alicyclic amines) is 1. The fraction of sp³-hybridized carbons (Fsp3) is 0.571. The summed E-state index contributed by atoms with van der Waals surface area (Å²) >= 11 is 0. The van der Waals surface area contributed by atoms with Crippen molar-refractivity contribution in [3.63, 3.8) is 0 Å². The fourth-order valence-corrected chi connectivity index (χ4v) is 3.74. The third-order valence-electron chi connectivity index (χ3n) is 5.34. The quantitative estimate of drug-likeness (QED) is 0.848. The number of carbonyl (C=O) groups is 1. The van der Waals surface area contributed by atoms with Crippen LogP contribution in [-0.4, -0.2) is 46.0 Å². The van der Waals surface area contributed by atoms with Crippen molar-refractivity contribution in [3.8, 4) is 0 Å². The third-order valence-corrected chi connectivity index (χ3v) is 5.34. The van der Waals surface area contributed by atoms with Gasteiger partial charge in [-0.25, -0.2) is 4.98 Å². The maximum Gasteiger partial charge on any atom is 0.261 e. The number of para-hydroxylation sites is 1. The minimum atomic E-state index is -0.162. The van der Waals surface area contributed by atoms with Gasteiger partial charge < -0.3 is 10.2 Å². The third kappa shape index (κ3) is 5.16. The first-order valence-corrected chi connectivity index (χ1v) is 10.0. The van der Waals surface area contributed by atoms with Crippen molar-refractivity contribution in [3.05, 3.63) is 40.4 Å². The largest absolute Gasteiger partial charge is 0.352 e. The van der Waals surface area contributed by atoms with Crippen molar-refractivity contribution in [2.24, 2.45) is 0 Å². The van der Waals surface area contributed by atoms with E-state index in [2.05, 4.69) is 15.2 Å². The number of hydrogen-bond acceptors (Lipinski definition) is 4. The number of carbonyl (C=O) groups excluding carboxylic acids is 1. The number of fused-ring (bicyclic) bond motifs is 1. The van der Waals surface area contributed by atoms with E-state index >= 15 is 0 Å². The van der Waals surface area contributed by atoms with Crippen LogP contribution in [0.4, 0.5) is 0 Å². The molecule has 1 N–H and O–H groups in total. The van der Waals surface area contributed by atoms with Crippen LogP contribution >= 0.6 is 0 Å². The van der Waals surface area contributed by atoms with E-state index < -0.39 is 0 Å². The molecule has 27 heavy (non-hydrogen) atoms. The molecule has 1 atom stereocenters. The average molecular weight is 370 g/mol. The Morgan fingerprint density at radius 2 is 1.89 bits per heavy atom. The van der Waals surface area contributed by atoms with Crippen molar-refractivity contribution >= 4 is 16.8 Å². The summed E-state index contributed by atoms with van der Waals surface area (Å²) in [6.07, 6.45) is 6.14. The Kier molecular flexibility index (Phi) is 6.61. The van der Waals surface area contributed by atoms with Gasteiger partial charge in [-0.3, -0.25) is 14.2 Å². The van der Waals surface area contributed by atoms with Crippen molar-refractivity contribution in [2.75, 3.05) is 19.6 Å². The predicted molar refractivity (Wildman–Crippen MR) is 108 cm³/mol. The maximum atomic E-state index is 12.7. The number of amides is 1. The fourth-order valence-electron chi connectivity index (χ4n) is 3.74. The van der Waals surface area contributed by atoms with E-state index in [0.29, 0.717) is 16.7 Å². The minimum absolute atomic E-state index is 0.0105. The van der Waals surface area contributed by atoms with Gasteiger partial charge in [-0.05, 0) is 58.3 Å². The second-order valence-corrected chi connectivity index (χ2v) is 7.58. The molecule has 0 radical (unpaired) electrons. The lowest BCUT2D eigenvalue weighted by Gasteiger charge is -2.22. The zero-order chi connectivity index (χ0) is 19.2. The van der Waals surface area contributed by atoms with E-state index in [-0.39, 0.29) is 24.1 Å². The zero-order valence-electron chi connectivity index (χ0n) is 16.4. The molecule has 1 amide bonds.